The molecule has 0 aliphatic heterocycles. The molecule has 0 aliphatic rings. The zero-order chi connectivity index (χ0) is 22.7. The molecule has 10 heteroatoms. The zero-order valence-electron chi connectivity index (χ0n) is 17.3. The molecule has 0 N–H and O–H groups in total. The smallest absolute Gasteiger partial charge is 0.409 e. The van der Waals surface area contributed by atoms with Crippen LogP contribution in [0, 0.1) is 0 Å². The minimum Gasteiger partial charge on any atom is -0.476 e. The van der Waals surface area contributed by atoms with Crippen LogP contribution in [0.5, 0.6) is 5.88 Å². The van der Waals surface area contributed by atoms with Crippen LogP contribution in [0.4, 0.5) is 4.79 Å². The van der Waals surface area contributed by atoms with Gasteiger partial charge in [0.05, 0.1) is 31.1 Å². The summed E-state index contributed by atoms with van der Waals surface area (Å²) in [6, 6.07) is 12.8. The van der Waals surface area contributed by atoms with Gasteiger partial charge in [0, 0.05) is 23.0 Å². The van der Waals surface area contributed by atoms with Crippen LogP contribution in [0.15, 0.2) is 59.8 Å². The van der Waals surface area contributed by atoms with E-state index in [1.807, 2.05) is 30.3 Å². The van der Waals surface area contributed by atoms with E-state index in [2.05, 4.69) is 14.7 Å². The molecule has 0 atom stereocenters. The monoisotopic (exact) mass is 470 g/mol. The van der Waals surface area contributed by atoms with E-state index < -0.39 is 6.09 Å². The Morgan fingerprint density at radius 1 is 1.19 bits per heavy atom. The van der Waals surface area contributed by atoms with Crippen molar-refractivity contribution in [2.75, 3.05) is 27.3 Å². The SMILES string of the molecule is COC(=O)N(C)CCOc1ccc(-n2cnc3cc(-c4ccc(Cl)cc4)sc3c2=O)cn1. The lowest BCUT2D eigenvalue weighted by molar-refractivity contribution is 0.126. The van der Waals surface area contributed by atoms with Crippen LogP contribution in [0.2, 0.25) is 5.02 Å². The third-order valence-corrected chi connectivity index (χ3v) is 6.14. The van der Waals surface area contributed by atoms with Gasteiger partial charge in [-0.2, -0.15) is 0 Å². The molecule has 164 valence electrons. The van der Waals surface area contributed by atoms with Crippen LogP contribution in [0.25, 0.3) is 26.3 Å². The number of hydrogen-bond acceptors (Lipinski definition) is 7. The van der Waals surface area contributed by atoms with Gasteiger partial charge in [0.1, 0.15) is 17.6 Å². The molecule has 0 saturated carbocycles. The molecule has 4 aromatic rings. The molecule has 0 unspecified atom stereocenters. The Morgan fingerprint density at radius 2 is 1.97 bits per heavy atom. The Labute approximate surface area is 192 Å². The van der Waals surface area contributed by atoms with E-state index in [4.69, 9.17) is 16.3 Å². The first-order chi connectivity index (χ1) is 15.5. The number of amides is 1. The van der Waals surface area contributed by atoms with E-state index in [1.165, 1.54) is 34.2 Å². The van der Waals surface area contributed by atoms with E-state index in [0.717, 1.165) is 10.4 Å². The maximum atomic E-state index is 13.1. The third kappa shape index (κ3) is 4.58. The summed E-state index contributed by atoms with van der Waals surface area (Å²) >= 11 is 7.35. The van der Waals surface area contributed by atoms with Crippen molar-refractivity contribution in [3.05, 3.63) is 70.4 Å². The van der Waals surface area contributed by atoms with Crippen molar-refractivity contribution in [1.29, 1.82) is 0 Å². The highest BCUT2D eigenvalue weighted by Gasteiger charge is 2.12. The largest absolute Gasteiger partial charge is 0.476 e. The molecule has 3 aromatic heterocycles. The van der Waals surface area contributed by atoms with Crippen LogP contribution in [0.3, 0.4) is 0 Å². The molecular formula is C22H19ClN4O4S. The summed E-state index contributed by atoms with van der Waals surface area (Å²) in [6.45, 7) is 0.610. The van der Waals surface area contributed by atoms with Crippen molar-refractivity contribution in [1.82, 2.24) is 19.4 Å². The van der Waals surface area contributed by atoms with Gasteiger partial charge in [-0.15, -0.1) is 11.3 Å². The van der Waals surface area contributed by atoms with Crippen molar-refractivity contribution in [3.8, 4) is 22.0 Å². The number of halogens is 1. The van der Waals surface area contributed by atoms with Crippen LogP contribution in [0.1, 0.15) is 0 Å². The number of benzene rings is 1. The third-order valence-electron chi connectivity index (χ3n) is 4.73. The first kappa shape index (κ1) is 21.8. The van der Waals surface area contributed by atoms with Crippen molar-refractivity contribution in [3.63, 3.8) is 0 Å². The standard InChI is InChI=1S/C22H19ClN4O4S/c1-26(22(29)30-2)9-10-31-19-8-7-16(12-24-19)27-13-25-17-11-18(32-20(17)21(27)28)14-3-5-15(23)6-4-14/h3-8,11-13H,9-10H2,1-2H3. The molecule has 0 radical (unpaired) electrons. The topological polar surface area (TPSA) is 86.5 Å². The molecule has 32 heavy (non-hydrogen) atoms. The van der Waals surface area contributed by atoms with Gasteiger partial charge in [-0.05, 0) is 29.8 Å². The molecule has 0 spiro atoms. The quantitative estimate of drug-likeness (QED) is 0.419. The first-order valence-electron chi connectivity index (χ1n) is 9.61. The van der Waals surface area contributed by atoms with E-state index in [0.29, 0.717) is 33.4 Å². The number of ether oxygens (including phenoxy) is 2. The number of methoxy groups -OCH3 is 1. The predicted molar refractivity (Wildman–Crippen MR) is 124 cm³/mol. The summed E-state index contributed by atoms with van der Waals surface area (Å²) in [5.74, 6) is 0.384. The number of aromatic nitrogens is 3. The lowest BCUT2D eigenvalue weighted by Crippen LogP contribution is -2.30. The van der Waals surface area contributed by atoms with Crippen molar-refractivity contribution >= 4 is 39.2 Å². The molecule has 1 aromatic carbocycles. The second-order valence-electron chi connectivity index (χ2n) is 6.85. The Morgan fingerprint density at radius 3 is 2.66 bits per heavy atom. The van der Waals surface area contributed by atoms with Gasteiger partial charge in [-0.3, -0.25) is 9.36 Å². The second-order valence-corrected chi connectivity index (χ2v) is 8.33. The van der Waals surface area contributed by atoms with Crippen LogP contribution >= 0.6 is 22.9 Å². The van der Waals surface area contributed by atoms with Crippen molar-refractivity contribution in [2.45, 2.75) is 0 Å². The fraction of sp³-hybridized carbons (Fsp3) is 0.182. The number of hydrogen-bond donors (Lipinski definition) is 0. The normalized spacial score (nSPS) is 10.8. The van der Waals surface area contributed by atoms with E-state index in [9.17, 15) is 9.59 Å². The maximum absolute atomic E-state index is 13.1. The number of likely N-dealkylation sites (N-methyl/N-ethyl adjacent to an activating group) is 1. The Hall–Kier alpha value is -3.43. The van der Waals surface area contributed by atoms with Gasteiger partial charge >= 0.3 is 6.09 Å². The Bertz CT molecular complexity index is 1300. The number of rotatable bonds is 6. The summed E-state index contributed by atoms with van der Waals surface area (Å²) in [4.78, 5) is 35.4. The molecular weight excluding hydrogens is 452 g/mol. The van der Waals surface area contributed by atoms with Gasteiger partial charge < -0.3 is 14.4 Å². The second kappa shape index (κ2) is 9.37. The van der Waals surface area contributed by atoms with Gasteiger partial charge in [0.15, 0.2) is 0 Å². The number of carbonyl (C=O) groups excluding carboxylic acids is 1. The molecule has 0 bridgehead atoms. The van der Waals surface area contributed by atoms with Crippen LogP contribution in [-0.4, -0.2) is 52.8 Å². The summed E-state index contributed by atoms with van der Waals surface area (Å²) in [6.07, 6.45) is 2.60. The highest BCUT2D eigenvalue weighted by molar-refractivity contribution is 7.22. The first-order valence-corrected chi connectivity index (χ1v) is 10.8. The van der Waals surface area contributed by atoms with E-state index in [1.54, 1.807) is 25.4 Å². The molecule has 4 rings (SSSR count). The molecule has 3 heterocycles. The number of carbonyl (C=O) groups is 1. The highest BCUT2D eigenvalue weighted by atomic mass is 35.5. The average molecular weight is 471 g/mol. The van der Waals surface area contributed by atoms with E-state index in [-0.39, 0.29) is 12.2 Å². The number of thiophene rings is 1. The summed E-state index contributed by atoms with van der Waals surface area (Å²) < 4.78 is 12.2. The zero-order valence-corrected chi connectivity index (χ0v) is 18.9. The maximum Gasteiger partial charge on any atom is 0.409 e. The van der Waals surface area contributed by atoms with Crippen LogP contribution in [-0.2, 0) is 4.74 Å². The summed E-state index contributed by atoms with van der Waals surface area (Å²) in [7, 11) is 2.94. The van der Waals surface area contributed by atoms with Gasteiger partial charge in [0.2, 0.25) is 5.88 Å². The minimum absolute atomic E-state index is 0.171. The van der Waals surface area contributed by atoms with Crippen molar-refractivity contribution < 1.29 is 14.3 Å². The molecule has 0 saturated heterocycles. The molecule has 0 fully saturated rings. The van der Waals surface area contributed by atoms with Crippen molar-refractivity contribution in [2.24, 2.45) is 0 Å². The number of pyridine rings is 1. The lowest BCUT2D eigenvalue weighted by atomic mass is 10.2. The van der Waals surface area contributed by atoms with Crippen LogP contribution < -0.4 is 10.3 Å². The molecule has 0 aliphatic carbocycles. The minimum atomic E-state index is -0.438. The highest BCUT2D eigenvalue weighted by Crippen LogP contribution is 2.31. The van der Waals surface area contributed by atoms with E-state index >= 15 is 0 Å². The summed E-state index contributed by atoms with van der Waals surface area (Å²) in [5.41, 5.74) is 2.02. The number of fused-ring (bicyclic) bond motifs is 1. The molecule has 1 amide bonds. The van der Waals surface area contributed by atoms with Gasteiger partial charge in [0.25, 0.3) is 5.56 Å². The summed E-state index contributed by atoms with van der Waals surface area (Å²) in [5, 5.41) is 0.658. The Balaban J connectivity index is 1.52. The molecule has 8 nitrogen and oxygen atoms in total. The predicted octanol–water partition coefficient (Wildman–Crippen LogP) is 4.24. The van der Waals surface area contributed by atoms with Gasteiger partial charge in [-0.25, -0.2) is 14.8 Å². The fourth-order valence-corrected chi connectivity index (χ4v) is 4.16. The number of nitrogens with zero attached hydrogens (tertiary/aromatic N) is 4. The lowest BCUT2D eigenvalue weighted by Gasteiger charge is -2.15. The fourth-order valence-electron chi connectivity index (χ4n) is 2.99. The Kier molecular flexibility index (Phi) is 6.38. The van der Waals surface area contributed by atoms with Gasteiger partial charge in [-0.1, -0.05) is 23.7 Å². The average Bonchev–Trinajstić information content (AvgIpc) is 3.25.